The maximum Gasteiger partial charge on any atom is 0.256 e. The number of aliphatic hydroxyl groups is 1. The van der Waals surface area contributed by atoms with Crippen LogP contribution >= 0.6 is 0 Å². The summed E-state index contributed by atoms with van der Waals surface area (Å²) in [4.78, 5) is 25.9. The number of amides is 1. The van der Waals surface area contributed by atoms with Crippen molar-refractivity contribution in [2.24, 2.45) is 11.8 Å². The average molecular weight is 421 g/mol. The van der Waals surface area contributed by atoms with E-state index in [2.05, 4.69) is 20.3 Å². The van der Waals surface area contributed by atoms with Gasteiger partial charge in [-0.05, 0) is 38.3 Å². The molecule has 2 aromatic heterocycles. The van der Waals surface area contributed by atoms with Gasteiger partial charge in [-0.2, -0.15) is 0 Å². The van der Waals surface area contributed by atoms with Gasteiger partial charge in [-0.15, -0.1) is 0 Å². The van der Waals surface area contributed by atoms with Gasteiger partial charge in [0, 0.05) is 18.1 Å². The van der Waals surface area contributed by atoms with Gasteiger partial charge >= 0.3 is 0 Å². The van der Waals surface area contributed by atoms with Crippen LogP contribution in [0.1, 0.15) is 30.6 Å². The number of aromatic nitrogens is 4. The molecule has 3 heterocycles. The zero-order chi connectivity index (χ0) is 21.4. The molecule has 160 valence electrons. The summed E-state index contributed by atoms with van der Waals surface area (Å²) < 4.78 is 14.5. The van der Waals surface area contributed by atoms with E-state index in [4.69, 9.17) is 9.47 Å². The summed E-state index contributed by atoms with van der Waals surface area (Å²) in [6.07, 6.45) is 3.67. The molecule has 6 rings (SSSR count). The van der Waals surface area contributed by atoms with Crippen molar-refractivity contribution in [3.63, 3.8) is 0 Å². The van der Waals surface area contributed by atoms with E-state index < -0.39 is 5.79 Å². The minimum Gasteiger partial charge on any atom is -0.396 e. The lowest BCUT2D eigenvalue weighted by atomic mass is 10.0. The fourth-order valence-corrected chi connectivity index (χ4v) is 5.51. The molecule has 2 saturated carbocycles. The third-order valence-corrected chi connectivity index (χ3v) is 6.85. The summed E-state index contributed by atoms with van der Waals surface area (Å²) in [5.74, 6) is -0.373. The highest BCUT2D eigenvalue weighted by atomic mass is 16.8. The molecule has 3 aliphatic rings. The lowest BCUT2D eigenvalue weighted by molar-refractivity contribution is -0.162. The Morgan fingerprint density at radius 2 is 2.03 bits per heavy atom. The number of rotatable bonds is 4. The zero-order valence-electron chi connectivity index (χ0n) is 17.2. The van der Waals surface area contributed by atoms with Gasteiger partial charge in [-0.25, -0.2) is 15.0 Å². The third kappa shape index (κ3) is 2.60. The van der Waals surface area contributed by atoms with Crippen molar-refractivity contribution in [1.82, 2.24) is 19.5 Å². The fourth-order valence-electron chi connectivity index (χ4n) is 5.51. The highest BCUT2D eigenvalue weighted by Gasteiger charge is 2.76. The summed E-state index contributed by atoms with van der Waals surface area (Å²) in [7, 11) is 0. The standard InChI is InChI=1S/C22H23N5O4/c1-21(2)30-16-13(9-28)14-8-22(14,17(16)31-21)27-11-25-15-18(23-10-24-19(15)27)26-20(29)12-6-4-3-5-7-12/h3-7,10-11,13-14,16-17,28H,8-9H2,1-2H3,(H,23,24,26,29)/t13-,14-,16+,17+,22-/m0/s1. The van der Waals surface area contributed by atoms with Crippen LogP contribution in [0.25, 0.3) is 11.2 Å². The minimum atomic E-state index is -0.705. The molecule has 9 heteroatoms. The third-order valence-electron chi connectivity index (χ3n) is 6.85. The van der Waals surface area contributed by atoms with Gasteiger partial charge in [-0.1, -0.05) is 18.2 Å². The van der Waals surface area contributed by atoms with E-state index in [1.54, 1.807) is 18.5 Å². The fraction of sp³-hybridized carbons (Fsp3) is 0.455. The second-order valence-corrected chi connectivity index (χ2v) is 9.00. The van der Waals surface area contributed by atoms with Crippen LogP contribution in [-0.2, 0) is 15.0 Å². The molecule has 1 saturated heterocycles. The molecule has 1 amide bonds. The van der Waals surface area contributed by atoms with Gasteiger partial charge in [0.05, 0.1) is 18.0 Å². The molecule has 1 aromatic carbocycles. The Bertz CT molecular complexity index is 1180. The topological polar surface area (TPSA) is 111 Å². The van der Waals surface area contributed by atoms with Crippen molar-refractivity contribution < 1.29 is 19.4 Å². The van der Waals surface area contributed by atoms with Gasteiger partial charge < -0.3 is 24.5 Å². The Morgan fingerprint density at radius 3 is 2.81 bits per heavy atom. The maximum atomic E-state index is 12.6. The number of carbonyl (C=O) groups excluding carboxylic acids is 1. The lowest BCUT2D eigenvalue weighted by Gasteiger charge is -2.25. The molecule has 9 nitrogen and oxygen atoms in total. The molecule has 31 heavy (non-hydrogen) atoms. The molecule has 3 fully saturated rings. The number of nitrogens with one attached hydrogen (secondary N) is 1. The van der Waals surface area contributed by atoms with Gasteiger partial charge in [0.15, 0.2) is 22.8 Å². The molecular formula is C22H23N5O4. The molecule has 0 spiro atoms. The van der Waals surface area contributed by atoms with Crippen LogP contribution in [0.3, 0.4) is 0 Å². The van der Waals surface area contributed by atoms with Gasteiger partial charge in [0.2, 0.25) is 0 Å². The predicted octanol–water partition coefficient (Wildman–Crippen LogP) is 1.94. The zero-order valence-corrected chi connectivity index (χ0v) is 17.2. The van der Waals surface area contributed by atoms with E-state index in [1.807, 2.05) is 36.6 Å². The van der Waals surface area contributed by atoms with Crippen LogP contribution in [0.15, 0.2) is 43.0 Å². The molecule has 5 atom stereocenters. The average Bonchev–Trinajstić information content (AvgIpc) is 3.05. The Hall–Kier alpha value is -2.88. The number of aliphatic hydroxyl groups excluding tert-OH is 1. The Balaban J connectivity index is 1.38. The molecule has 1 aliphatic heterocycles. The van der Waals surface area contributed by atoms with E-state index in [1.165, 1.54) is 6.33 Å². The molecule has 0 unspecified atom stereocenters. The van der Waals surface area contributed by atoms with Crippen molar-refractivity contribution in [1.29, 1.82) is 0 Å². The smallest absolute Gasteiger partial charge is 0.256 e. The number of fused-ring (bicyclic) bond motifs is 4. The quantitative estimate of drug-likeness (QED) is 0.662. The Labute approximate surface area is 178 Å². The van der Waals surface area contributed by atoms with Crippen molar-refractivity contribution in [3.8, 4) is 0 Å². The van der Waals surface area contributed by atoms with Crippen LogP contribution in [0.2, 0.25) is 0 Å². The van der Waals surface area contributed by atoms with Gasteiger partial charge in [0.25, 0.3) is 5.91 Å². The first-order valence-corrected chi connectivity index (χ1v) is 10.5. The number of hydrogen-bond donors (Lipinski definition) is 2. The molecule has 3 aromatic rings. The number of ether oxygens (including phenoxy) is 2. The summed E-state index contributed by atoms with van der Waals surface area (Å²) in [5.41, 5.74) is 1.33. The number of imidazole rings is 1. The minimum absolute atomic E-state index is 0.00307. The molecule has 0 radical (unpaired) electrons. The van der Waals surface area contributed by atoms with E-state index in [0.717, 1.165) is 6.42 Å². The first-order chi connectivity index (χ1) is 14.9. The number of nitrogens with zero attached hydrogens (tertiary/aromatic N) is 4. The molecule has 2 N–H and O–H groups in total. The van der Waals surface area contributed by atoms with Crippen LogP contribution in [0.4, 0.5) is 5.82 Å². The number of benzene rings is 1. The molecule has 0 bridgehead atoms. The van der Waals surface area contributed by atoms with Crippen molar-refractivity contribution in [2.45, 2.75) is 43.8 Å². The molecular weight excluding hydrogens is 398 g/mol. The van der Waals surface area contributed by atoms with E-state index >= 15 is 0 Å². The van der Waals surface area contributed by atoms with Crippen molar-refractivity contribution >= 4 is 22.9 Å². The predicted molar refractivity (Wildman–Crippen MR) is 110 cm³/mol. The number of hydrogen-bond acceptors (Lipinski definition) is 7. The second kappa shape index (κ2) is 6.32. The van der Waals surface area contributed by atoms with E-state index in [0.29, 0.717) is 22.5 Å². The van der Waals surface area contributed by atoms with Crippen LogP contribution in [-0.4, -0.2) is 55.1 Å². The van der Waals surface area contributed by atoms with E-state index in [9.17, 15) is 9.90 Å². The summed E-state index contributed by atoms with van der Waals surface area (Å²) in [6.45, 7) is 3.85. The Morgan fingerprint density at radius 1 is 1.23 bits per heavy atom. The normalized spacial score (nSPS) is 32.6. The van der Waals surface area contributed by atoms with Gasteiger partial charge in [0.1, 0.15) is 12.4 Å². The van der Waals surface area contributed by atoms with E-state index in [-0.39, 0.29) is 42.1 Å². The summed E-state index contributed by atoms with van der Waals surface area (Å²) in [6, 6.07) is 8.97. The monoisotopic (exact) mass is 421 g/mol. The van der Waals surface area contributed by atoms with Crippen molar-refractivity contribution in [2.75, 3.05) is 11.9 Å². The molecule has 2 aliphatic carbocycles. The first kappa shape index (κ1) is 18.9. The largest absolute Gasteiger partial charge is 0.396 e. The highest BCUT2D eigenvalue weighted by Crippen LogP contribution is 2.68. The SMILES string of the molecule is CC1(C)O[C@@H]2[C@@H](CO)[C@@H]3C[C@@]3(n3cnc4c(NC(=O)c5ccccc5)ncnc43)[C@@H]2O1. The highest BCUT2D eigenvalue weighted by molar-refractivity contribution is 6.06. The second-order valence-electron chi connectivity index (χ2n) is 9.00. The van der Waals surface area contributed by atoms with Crippen molar-refractivity contribution in [3.05, 3.63) is 48.5 Å². The number of anilines is 1. The van der Waals surface area contributed by atoms with Crippen LogP contribution < -0.4 is 5.32 Å². The van der Waals surface area contributed by atoms with Crippen LogP contribution in [0.5, 0.6) is 0 Å². The van der Waals surface area contributed by atoms with Crippen LogP contribution in [0, 0.1) is 11.8 Å². The van der Waals surface area contributed by atoms with Gasteiger partial charge in [-0.3, -0.25) is 4.79 Å². The lowest BCUT2D eigenvalue weighted by Crippen LogP contribution is -2.37. The summed E-state index contributed by atoms with van der Waals surface area (Å²) in [5, 5.41) is 12.9. The maximum absolute atomic E-state index is 12.6. The number of carbonyl (C=O) groups is 1. The Kier molecular flexibility index (Phi) is 3.84. The first-order valence-electron chi connectivity index (χ1n) is 10.5. The summed E-state index contributed by atoms with van der Waals surface area (Å²) >= 11 is 0.